The minimum absolute atomic E-state index is 0.00471. The van der Waals surface area contributed by atoms with Crippen LogP contribution in [0.3, 0.4) is 0 Å². The molecule has 4 rings (SSSR count). The smallest absolute Gasteiger partial charge is 0.261 e. The summed E-state index contributed by atoms with van der Waals surface area (Å²) in [5.41, 5.74) is 1.18. The van der Waals surface area contributed by atoms with Crippen molar-refractivity contribution in [3.63, 3.8) is 0 Å². The Morgan fingerprint density at radius 1 is 0.919 bits per heavy atom. The molecule has 0 saturated carbocycles. The zero-order chi connectivity index (χ0) is 26.6. The quantitative estimate of drug-likeness (QED) is 0.419. The third-order valence-corrected chi connectivity index (χ3v) is 9.59. The molecule has 1 aliphatic heterocycles. The lowest BCUT2D eigenvalue weighted by atomic mass is 9.97. The first kappa shape index (κ1) is 27.1. The fourth-order valence-corrected chi connectivity index (χ4v) is 6.87. The summed E-state index contributed by atoms with van der Waals surface area (Å²) >= 11 is 6.03. The maximum absolute atomic E-state index is 13.1. The SMILES string of the molecule is O=C(Nc1ccc(S(=O)(=O)Nc2ccccc2Cl)cc1)C1CCN(S(=O)(=O)Cc2ccc(F)cc2)CC1. The van der Waals surface area contributed by atoms with Crippen LogP contribution in [0.5, 0.6) is 0 Å². The van der Waals surface area contributed by atoms with Crippen molar-refractivity contribution in [3.8, 4) is 0 Å². The van der Waals surface area contributed by atoms with Crippen LogP contribution in [-0.4, -0.2) is 40.1 Å². The van der Waals surface area contributed by atoms with Gasteiger partial charge in [-0.05, 0) is 66.9 Å². The average Bonchev–Trinajstić information content (AvgIpc) is 2.87. The van der Waals surface area contributed by atoms with Crippen LogP contribution in [0, 0.1) is 11.7 Å². The predicted molar refractivity (Wildman–Crippen MR) is 141 cm³/mol. The van der Waals surface area contributed by atoms with Gasteiger partial charge in [0.1, 0.15) is 5.82 Å². The molecule has 0 atom stereocenters. The van der Waals surface area contributed by atoms with Crippen LogP contribution in [0.4, 0.5) is 15.8 Å². The Bertz CT molecular complexity index is 1470. The minimum Gasteiger partial charge on any atom is -0.326 e. The van der Waals surface area contributed by atoms with Crippen LogP contribution in [0.15, 0.2) is 77.7 Å². The van der Waals surface area contributed by atoms with E-state index in [-0.39, 0.29) is 46.3 Å². The van der Waals surface area contributed by atoms with E-state index in [1.165, 1.54) is 52.8 Å². The van der Waals surface area contributed by atoms with Gasteiger partial charge in [-0.2, -0.15) is 0 Å². The van der Waals surface area contributed by atoms with E-state index in [2.05, 4.69) is 10.0 Å². The lowest BCUT2D eigenvalue weighted by Crippen LogP contribution is -2.41. The van der Waals surface area contributed by atoms with E-state index in [0.717, 1.165) is 0 Å². The van der Waals surface area contributed by atoms with Gasteiger partial charge in [0.15, 0.2) is 0 Å². The Morgan fingerprint density at radius 2 is 1.54 bits per heavy atom. The molecule has 0 unspecified atom stereocenters. The number of benzene rings is 3. The van der Waals surface area contributed by atoms with Crippen LogP contribution in [0.25, 0.3) is 0 Å². The molecule has 0 aliphatic carbocycles. The first-order valence-corrected chi connectivity index (χ1v) is 14.9. The number of anilines is 2. The summed E-state index contributed by atoms with van der Waals surface area (Å²) in [6, 6.07) is 17.5. The highest BCUT2D eigenvalue weighted by Crippen LogP contribution is 2.26. The molecule has 0 aromatic heterocycles. The topological polar surface area (TPSA) is 113 Å². The Labute approximate surface area is 220 Å². The summed E-state index contributed by atoms with van der Waals surface area (Å²) in [6.45, 7) is 0.402. The number of hydrogen-bond donors (Lipinski definition) is 2. The maximum atomic E-state index is 13.1. The van der Waals surface area contributed by atoms with Gasteiger partial charge in [-0.3, -0.25) is 9.52 Å². The van der Waals surface area contributed by atoms with Crippen molar-refractivity contribution in [1.82, 2.24) is 4.31 Å². The summed E-state index contributed by atoms with van der Waals surface area (Å²) in [7, 11) is -7.47. The molecule has 3 aromatic rings. The number of sulfonamides is 2. The molecule has 37 heavy (non-hydrogen) atoms. The molecule has 1 fully saturated rings. The second kappa shape index (κ2) is 11.2. The molecule has 196 valence electrons. The second-order valence-corrected chi connectivity index (χ2v) is 12.7. The van der Waals surface area contributed by atoms with E-state index in [4.69, 9.17) is 11.6 Å². The molecule has 8 nitrogen and oxygen atoms in total. The number of para-hydroxylation sites is 1. The normalized spacial score (nSPS) is 15.3. The number of hydrogen-bond acceptors (Lipinski definition) is 5. The number of nitrogens with zero attached hydrogens (tertiary/aromatic N) is 1. The highest BCUT2D eigenvalue weighted by atomic mass is 35.5. The van der Waals surface area contributed by atoms with Gasteiger partial charge in [-0.25, -0.2) is 25.5 Å². The predicted octanol–water partition coefficient (Wildman–Crippen LogP) is 4.46. The van der Waals surface area contributed by atoms with E-state index < -0.39 is 25.9 Å². The number of piperidine rings is 1. The molecule has 1 heterocycles. The standard InChI is InChI=1S/C25H25ClFN3O5S2/c26-23-3-1-2-4-24(23)29-37(34,35)22-11-9-21(10-12-22)28-25(31)19-13-15-30(16-14-19)36(32,33)17-18-5-7-20(27)8-6-18/h1-12,19,29H,13-17H2,(H,28,31). The van der Waals surface area contributed by atoms with E-state index >= 15 is 0 Å². The number of carbonyl (C=O) groups is 1. The van der Waals surface area contributed by atoms with Gasteiger partial charge in [0.05, 0.1) is 21.4 Å². The zero-order valence-corrected chi connectivity index (χ0v) is 22.0. The van der Waals surface area contributed by atoms with Crippen LogP contribution in [0.2, 0.25) is 5.02 Å². The first-order chi connectivity index (χ1) is 17.5. The van der Waals surface area contributed by atoms with Gasteiger partial charge in [0.25, 0.3) is 10.0 Å². The van der Waals surface area contributed by atoms with Crippen LogP contribution in [-0.2, 0) is 30.6 Å². The molecule has 1 saturated heterocycles. The molecule has 0 radical (unpaired) electrons. The van der Waals surface area contributed by atoms with Crippen LogP contribution in [0.1, 0.15) is 18.4 Å². The Morgan fingerprint density at radius 3 is 2.16 bits per heavy atom. The summed E-state index contributed by atoms with van der Waals surface area (Å²) in [5.74, 6) is -1.31. The number of carbonyl (C=O) groups excluding carboxylic acids is 1. The second-order valence-electron chi connectivity index (χ2n) is 8.65. The van der Waals surface area contributed by atoms with Crippen LogP contribution >= 0.6 is 11.6 Å². The van der Waals surface area contributed by atoms with Crippen molar-refractivity contribution in [2.24, 2.45) is 5.92 Å². The summed E-state index contributed by atoms with van der Waals surface area (Å²) in [6.07, 6.45) is 0.700. The van der Waals surface area contributed by atoms with Gasteiger partial charge in [-0.15, -0.1) is 0 Å². The van der Waals surface area contributed by atoms with E-state index in [0.29, 0.717) is 24.1 Å². The molecule has 12 heteroatoms. The summed E-state index contributed by atoms with van der Waals surface area (Å²) in [5, 5.41) is 3.04. The number of halogens is 2. The van der Waals surface area contributed by atoms with E-state index in [9.17, 15) is 26.0 Å². The molecular formula is C25H25ClFN3O5S2. The monoisotopic (exact) mass is 565 g/mol. The van der Waals surface area contributed by atoms with Gasteiger partial charge in [-0.1, -0.05) is 35.9 Å². The van der Waals surface area contributed by atoms with Crippen LogP contribution < -0.4 is 10.0 Å². The number of nitrogens with one attached hydrogen (secondary N) is 2. The Hall–Kier alpha value is -2.99. The summed E-state index contributed by atoms with van der Waals surface area (Å²) < 4.78 is 67.6. The van der Waals surface area contributed by atoms with Crippen molar-refractivity contribution in [2.45, 2.75) is 23.5 Å². The van der Waals surface area contributed by atoms with Crippen molar-refractivity contribution in [1.29, 1.82) is 0 Å². The third kappa shape index (κ3) is 6.86. The number of rotatable bonds is 8. The van der Waals surface area contributed by atoms with Gasteiger partial charge in [0.2, 0.25) is 15.9 Å². The van der Waals surface area contributed by atoms with Crippen molar-refractivity contribution >= 4 is 48.9 Å². The van der Waals surface area contributed by atoms with E-state index in [1.807, 2.05) is 0 Å². The lowest BCUT2D eigenvalue weighted by Gasteiger charge is -2.30. The molecule has 1 amide bonds. The van der Waals surface area contributed by atoms with Crippen molar-refractivity contribution in [2.75, 3.05) is 23.1 Å². The molecule has 1 aliphatic rings. The summed E-state index contributed by atoms with van der Waals surface area (Å²) in [4.78, 5) is 12.8. The third-order valence-electron chi connectivity index (χ3n) is 6.03. The van der Waals surface area contributed by atoms with Gasteiger partial charge < -0.3 is 5.32 Å². The Balaban J connectivity index is 1.31. The molecule has 0 spiro atoms. The molecular weight excluding hydrogens is 541 g/mol. The molecule has 2 N–H and O–H groups in total. The first-order valence-electron chi connectivity index (χ1n) is 11.4. The van der Waals surface area contributed by atoms with Crippen molar-refractivity contribution in [3.05, 3.63) is 89.2 Å². The highest BCUT2D eigenvalue weighted by Gasteiger charge is 2.31. The Kier molecular flexibility index (Phi) is 8.17. The van der Waals surface area contributed by atoms with Gasteiger partial charge in [0, 0.05) is 24.7 Å². The van der Waals surface area contributed by atoms with Crippen molar-refractivity contribution < 1.29 is 26.0 Å². The molecule has 0 bridgehead atoms. The fourth-order valence-electron chi connectivity index (χ4n) is 3.99. The fraction of sp³-hybridized carbons (Fsp3) is 0.240. The largest absolute Gasteiger partial charge is 0.326 e. The average molecular weight is 566 g/mol. The minimum atomic E-state index is -3.87. The number of amides is 1. The highest BCUT2D eigenvalue weighted by molar-refractivity contribution is 7.92. The lowest BCUT2D eigenvalue weighted by molar-refractivity contribution is -0.120. The zero-order valence-electron chi connectivity index (χ0n) is 19.6. The van der Waals surface area contributed by atoms with E-state index in [1.54, 1.807) is 24.3 Å². The molecule has 3 aromatic carbocycles. The maximum Gasteiger partial charge on any atom is 0.261 e. The van der Waals surface area contributed by atoms with Gasteiger partial charge >= 0.3 is 0 Å².